The van der Waals surface area contributed by atoms with Crippen LogP contribution in [0.4, 0.5) is 0 Å². The van der Waals surface area contributed by atoms with Crippen molar-refractivity contribution in [2.45, 2.75) is 6.54 Å². The SMILES string of the molecule is O=C(NCc1cn2ccsc2n1)c1ccc[nH]c1=S. The summed E-state index contributed by atoms with van der Waals surface area (Å²) in [5.74, 6) is -0.196. The molecular weight excluding hydrogens is 280 g/mol. The van der Waals surface area contributed by atoms with Crippen molar-refractivity contribution >= 4 is 34.4 Å². The van der Waals surface area contributed by atoms with Crippen LogP contribution in [0.2, 0.25) is 0 Å². The molecule has 0 aromatic carbocycles. The Bertz CT molecular complexity index is 757. The van der Waals surface area contributed by atoms with Crippen LogP contribution in [0.1, 0.15) is 16.1 Å². The van der Waals surface area contributed by atoms with Crippen LogP contribution >= 0.6 is 23.6 Å². The van der Waals surface area contributed by atoms with E-state index in [2.05, 4.69) is 15.3 Å². The van der Waals surface area contributed by atoms with Crippen molar-refractivity contribution in [2.75, 3.05) is 0 Å². The summed E-state index contributed by atoms with van der Waals surface area (Å²) in [7, 11) is 0. The molecule has 0 saturated heterocycles. The molecule has 1 amide bonds. The quantitative estimate of drug-likeness (QED) is 0.728. The zero-order chi connectivity index (χ0) is 13.2. The molecular formula is C12H10N4OS2. The minimum atomic E-state index is -0.196. The monoisotopic (exact) mass is 290 g/mol. The Labute approximate surface area is 117 Å². The highest BCUT2D eigenvalue weighted by molar-refractivity contribution is 7.71. The Hall–Kier alpha value is -1.99. The summed E-state index contributed by atoms with van der Waals surface area (Å²) in [4.78, 5) is 20.1. The molecule has 3 aromatic rings. The summed E-state index contributed by atoms with van der Waals surface area (Å²) >= 11 is 6.62. The number of H-pyrrole nitrogens is 1. The molecule has 0 aliphatic heterocycles. The second kappa shape index (κ2) is 4.94. The van der Waals surface area contributed by atoms with Crippen LogP contribution in [0.5, 0.6) is 0 Å². The lowest BCUT2D eigenvalue weighted by molar-refractivity contribution is 0.0949. The van der Waals surface area contributed by atoms with Crippen molar-refractivity contribution in [1.82, 2.24) is 19.7 Å². The molecule has 3 rings (SSSR count). The van der Waals surface area contributed by atoms with Gasteiger partial charge in [0.2, 0.25) is 0 Å². The van der Waals surface area contributed by atoms with Crippen LogP contribution in [0.3, 0.4) is 0 Å². The van der Waals surface area contributed by atoms with Crippen molar-refractivity contribution in [2.24, 2.45) is 0 Å². The minimum Gasteiger partial charge on any atom is -0.352 e. The Morgan fingerprint density at radius 1 is 1.58 bits per heavy atom. The molecule has 0 radical (unpaired) electrons. The van der Waals surface area contributed by atoms with Crippen molar-refractivity contribution in [3.8, 4) is 0 Å². The smallest absolute Gasteiger partial charge is 0.254 e. The maximum atomic E-state index is 12.0. The third-order valence-corrected chi connectivity index (χ3v) is 3.74. The number of aromatic amines is 1. The van der Waals surface area contributed by atoms with E-state index in [0.29, 0.717) is 16.7 Å². The zero-order valence-electron chi connectivity index (χ0n) is 9.79. The number of pyridine rings is 1. The number of hydrogen-bond acceptors (Lipinski definition) is 4. The van der Waals surface area contributed by atoms with Crippen molar-refractivity contribution < 1.29 is 4.79 Å². The standard InChI is InChI=1S/C12H10N4OS2/c17-10(9-2-1-3-13-11(9)18)14-6-8-7-16-4-5-19-12(16)15-8/h1-5,7H,6H2,(H,13,18)(H,14,17). The molecule has 3 heterocycles. The van der Waals surface area contributed by atoms with E-state index in [-0.39, 0.29) is 5.91 Å². The number of nitrogens with zero attached hydrogens (tertiary/aromatic N) is 2. The first kappa shape index (κ1) is 12.1. The maximum Gasteiger partial charge on any atom is 0.254 e. The number of carbonyl (C=O) groups is 1. The van der Waals surface area contributed by atoms with Gasteiger partial charge in [-0.1, -0.05) is 12.2 Å². The molecule has 2 N–H and O–H groups in total. The van der Waals surface area contributed by atoms with E-state index in [9.17, 15) is 4.79 Å². The lowest BCUT2D eigenvalue weighted by Crippen LogP contribution is -2.23. The Morgan fingerprint density at radius 3 is 3.26 bits per heavy atom. The summed E-state index contributed by atoms with van der Waals surface area (Å²) in [6, 6.07) is 3.44. The molecule has 0 fully saturated rings. The van der Waals surface area contributed by atoms with Gasteiger partial charge in [0.25, 0.3) is 5.91 Å². The van der Waals surface area contributed by atoms with E-state index >= 15 is 0 Å². The fraction of sp³-hybridized carbons (Fsp3) is 0.0833. The van der Waals surface area contributed by atoms with E-state index in [4.69, 9.17) is 12.2 Å². The van der Waals surface area contributed by atoms with Crippen molar-refractivity contribution in [1.29, 1.82) is 0 Å². The summed E-state index contributed by atoms with van der Waals surface area (Å²) < 4.78 is 2.37. The van der Waals surface area contributed by atoms with Gasteiger partial charge in [-0.25, -0.2) is 4.98 Å². The third-order valence-electron chi connectivity index (χ3n) is 2.64. The normalized spacial score (nSPS) is 10.7. The van der Waals surface area contributed by atoms with Gasteiger partial charge in [0.05, 0.1) is 17.8 Å². The van der Waals surface area contributed by atoms with Gasteiger partial charge in [0.15, 0.2) is 4.96 Å². The van der Waals surface area contributed by atoms with Crippen LogP contribution < -0.4 is 5.32 Å². The number of fused-ring (bicyclic) bond motifs is 1. The number of aromatic nitrogens is 3. The predicted molar refractivity (Wildman–Crippen MR) is 75.9 cm³/mol. The van der Waals surface area contributed by atoms with Crippen LogP contribution in [0.25, 0.3) is 4.96 Å². The molecule has 3 aromatic heterocycles. The first-order valence-electron chi connectivity index (χ1n) is 5.61. The molecule has 0 bridgehead atoms. The second-order valence-corrected chi connectivity index (χ2v) is 5.20. The first-order valence-corrected chi connectivity index (χ1v) is 6.90. The van der Waals surface area contributed by atoms with Crippen molar-refractivity contribution in [3.63, 3.8) is 0 Å². The molecule has 5 nitrogen and oxygen atoms in total. The van der Waals surface area contributed by atoms with Crippen LogP contribution in [-0.2, 0) is 6.54 Å². The molecule has 0 aliphatic rings. The van der Waals surface area contributed by atoms with Gasteiger partial charge >= 0.3 is 0 Å². The van der Waals surface area contributed by atoms with Gasteiger partial charge in [-0.2, -0.15) is 0 Å². The van der Waals surface area contributed by atoms with Crippen LogP contribution in [0, 0.1) is 4.64 Å². The first-order chi connectivity index (χ1) is 9.24. The summed E-state index contributed by atoms with van der Waals surface area (Å²) in [5.41, 5.74) is 1.30. The number of imidazole rings is 1. The number of carbonyl (C=O) groups excluding carboxylic acids is 1. The molecule has 96 valence electrons. The molecule has 0 aliphatic carbocycles. The summed E-state index contributed by atoms with van der Waals surface area (Å²) in [5, 5.41) is 4.78. The van der Waals surface area contributed by atoms with Gasteiger partial charge in [-0.05, 0) is 12.1 Å². The van der Waals surface area contributed by atoms with Crippen molar-refractivity contribution in [3.05, 3.63) is 52.0 Å². The van der Waals surface area contributed by atoms with E-state index in [1.165, 1.54) is 0 Å². The molecule has 0 saturated carbocycles. The van der Waals surface area contributed by atoms with Gasteiger partial charge in [0.1, 0.15) is 4.64 Å². The van der Waals surface area contributed by atoms with E-state index < -0.39 is 0 Å². The number of nitrogens with one attached hydrogen (secondary N) is 2. The average Bonchev–Trinajstić information content (AvgIpc) is 2.97. The maximum absolute atomic E-state index is 12.0. The topological polar surface area (TPSA) is 62.2 Å². The lowest BCUT2D eigenvalue weighted by Gasteiger charge is -2.02. The highest BCUT2D eigenvalue weighted by Gasteiger charge is 2.08. The average molecular weight is 290 g/mol. The Balaban J connectivity index is 1.72. The molecule has 0 atom stereocenters. The van der Waals surface area contributed by atoms with Gasteiger partial charge in [0, 0.05) is 24.0 Å². The van der Waals surface area contributed by atoms with E-state index in [1.54, 1.807) is 29.7 Å². The largest absolute Gasteiger partial charge is 0.352 e. The number of rotatable bonds is 3. The predicted octanol–water partition coefficient (Wildman–Crippen LogP) is 2.38. The fourth-order valence-electron chi connectivity index (χ4n) is 1.73. The fourth-order valence-corrected chi connectivity index (χ4v) is 2.68. The third kappa shape index (κ3) is 2.42. The van der Waals surface area contributed by atoms with Gasteiger partial charge < -0.3 is 10.3 Å². The Kier molecular flexibility index (Phi) is 3.14. The summed E-state index contributed by atoms with van der Waals surface area (Å²) in [6.45, 7) is 0.386. The highest BCUT2D eigenvalue weighted by Crippen LogP contribution is 2.11. The lowest BCUT2D eigenvalue weighted by atomic mass is 10.2. The van der Waals surface area contributed by atoms with Gasteiger partial charge in [-0.15, -0.1) is 11.3 Å². The number of amides is 1. The van der Waals surface area contributed by atoms with Gasteiger partial charge in [-0.3, -0.25) is 9.20 Å². The number of hydrogen-bond donors (Lipinski definition) is 2. The van der Waals surface area contributed by atoms with Crippen LogP contribution in [0.15, 0.2) is 36.1 Å². The molecule has 0 spiro atoms. The Morgan fingerprint density at radius 2 is 2.47 bits per heavy atom. The molecule has 19 heavy (non-hydrogen) atoms. The molecule has 7 heteroatoms. The highest BCUT2D eigenvalue weighted by atomic mass is 32.1. The van der Waals surface area contributed by atoms with E-state index in [1.807, 2.05) is 22.2 Å². The molecule has 0 unspecified atom stereocenters. The van der Waals surface area contributed by atoms with Crippen LogP contribution in [-0.4, -0.2) is 20.3 Å². The minimum absolute atomic E-state index is 0.196. The number of thiazole rings is 1. The second-order valence-electron chi connectivity index (χ2n) is 3.92. The zero-order valence-corrected chi connectivity index (χ0v) is 11.4. The van der Waals surface area contributed by atoms with E-state index in [0.717, 1.165) is 10.7 Å². The summed E-state index contributed by atoms with van der Waals surface area (Å²) in [6.07, 6.45) is 5.53.